The third-order valence-electron chi connectivity index (χ3n) is 4.12. The van der Waals surface area contributed by atoms with Gasteiger partial charge in [0, 0.05) is 5.02 Å². The average molecular weight is 376 g/mol. The van der Waals surface area contributed by atoms with Crippen LogP contribution in [-0.2, 0) is 11.1 Å². The number of aromatic nitrogens is 4. The minimum atomic E-state index is -1.19. The lowest BCUT2D eigenvalue weighted by atomic mass is 9.96. The number of rotatable bonds is 4. The van der Waals surface area contributed by atoms with Crippen LogP contribution in [0.5, 0.6) is 0 Å². The molecule has 3 N–H and O–H groups in total. The summed E-state index contributed by atoms with van der Waals surface area (Å²) in [6, 6.07) is 7.02. The van der Waals surface area contributed by atoms with Crippen molar-refractivity contribution in [2.24, 2.45) is 0 Å². The van der Waals surface area contributed by atoms with Gasteiger partial charge in [0.1, 0.15) is 11.0 Å². The van der Waals surface area contributed by atoms with Gasteiger partial charge in [-0.2, -0.15) is 10.1 Å². The van der Waals surface area contributed by atoms with Crippen LogP contribution in [0.3, 0.4) is 0 Å². The van der Waals surface area contributed by atoms with E-state index in [0.717, 1.165) is 0 Å². The number of nitrogens with zero attached hydrogens (tertiary/aromatic N) is 3. The van der Waals surface area contributed by atoms with Crippen molar-refractivity contribution in [3.05, 3.63) is 51.4 Å². The van der Waals surface area contributed by atoms with E-state index in [1.54, 1.807) is 35.9 Å². The van der Waals surface area contributed by atoms with E-state index in [0.29, 0.717) is 21.6 Å². The number of hydrogen-bond acceptors (Lipinski definition) is 5. The van der Waals surface area contributed by atoms with E-state index in [2.05, 4.69) is 20.4 Å². The van der Waals surface area contributed by atoms with Gasteiger partial charge in [-0.05, 0) is 45.4 Å². The van der Waals surface area contributed by atoms with E-state index in [-0.39, 0.29) is 23.6 Å². The number of anilines is 1. The first-order valence-corrected chi connectivity index (χ1v) is 8.66. The number of aliphatic hydroxyl groups is 1. The molecule has 3 aromatic rings. The summed E-state index contributed by atoms with van der Waals surface area (Å²) in [7, 11) is 0. The monoisotopic (exact) mass is 375 g/mol. The zero-order chi connectivity index (χ0) is 19.1. The fourth-order valence-electron chi connectivity index (χ4n) is 2.67. The Labute approximate surface area is 156 Å². The zero-order valence-corrected chi connectivity index (χ0v) is 15.9. The van der Waals surface area contributed by atoms with Gasteiger partial charge in [-0.25, -0.2) is 4.68 Å². The summed E-state index contributed by atoms with van der Waals surface area (Å²) < 4.78 is 1.71. The van der Waals surface area contributed by atoms with E-state index < -0.39 is 5.60 Å². The highest BCUT2D eigenvalue weighted by atomic mass is 35.5. The van der Waals surface area contributed by atoms with Gasteiger partial charge in [0.2, 0.25) is 5.95 Å². The molecule has 2 heterocycles. The molecule has 2 aromatic heterocycles. The van der Waals surface area contributed by atoms with E-state index >= 15 is 0 Å². The van der Waals surface area contributed by atoms with E-state index in [4.69, 9.17) is 11.6 Å². The number of aromatic amines is 1. The van der Waals surface area contributed by atoms with Gasteiger partial charge in [0.05, 0.1) is 18.3 Å². The molecule has 1 unspecified atom stereocenters. The van der Waals surface area contributed by atoms with Crippen LogP contribution < -0.4 is 10.9 Å². The molecule has 138 valence electrons. The van der Waals surface area contributed by atoms with Crippen LogP contribution in [0.2, 0.25) is 5.02 Å². The van der Waals surface area contributed by atoms with Crippen molar-refractivity contribution in [2.45, 2.75) is 38.8 Å². The quantitative estimate of drug-likeness (QED) is 0.651. The number of nitrogens with one attached hydrogen (secondary N) is 2. The molecule has 8 heteroatoms. The van der Waals surface area contributed by atoms with Crippen LogP contribution in [0, 0.1) is 0 Å². The molecule has 0 aliphatic heterocycles. The molecule has 0 aliphatic carbocycles. The highest BCUT2D eigenvalue weighted by molar-refractivity contribution is 6.30. The Bertz CT molecular complexity index is 1000. The molecule has 0 saturated heterocycles. The first kappa shape index (κ1) is 18.4. The van der Waals surface area contributed by atoms with Gasteiger partial charge < -0.3 is 10.4 Å². The van der Waals surface area contributed by atoms with E-state index in [1.165, 1.54) is 6.20 Å². The summed E-state index contributed by atoms with van der Waals surface area (Å²) in [6.07, 6.45) is 1.51. The smallest absolute Gasteiger partial charge is 0.263 e. The van der Waals surface area contributed by atoms with Gasteiger partial charge in [0.15, 0.2) is 5.65 Å². The summed E-state index contributed by atoms with van der Waals surface area (Å²) >= 11 is 6.00. The third kappa shape index (κ3) is 3.59. The molecule has 0 aliphatic rings. The predicted octanol–water partition coefficient (Wildman–Crippen LogP) is 2.85. The van der Waals surface area contributed by atoms with E-state index in [1.807, 2.05) is 20.8 Å². The van der Waals surface area contributed by atoms with Crippen LogP contribution in [-0.4, -0.2) is 31.4 Å². The number of fused-ring (bicyclic) bond motifs is 1. The Hall–Kier alpha value is -2.38. The molecular formula is C18H22ClN5O2. The van der Waals surface area contributed by atoms with Gasteiger partial charge in [-0.3, -0.25) is 9.78 Å². The summed E-state index contributed by atoms with van der Waals surface area (Å²) in [5.74, 6) is 0.274. The second-order valence-electron chi connectivity index (χ2n) is 7.52. The number of H-pyrrole nitrogens is 1. The summed E-state index contributed by atoms with van der Waals surface area (Å²) in [6.45, 7) is 7.77. The maximum atomic E-state index is 12.3. The lowest BCUT2D eigenvalue weighted by Gasteiger charge is -2.24. The van der Waals surface area contributed by atoms with Gasteiger partial charge in [-0.1, -0.05) is 23.7 Å². The Morgan fingerprint density at radius 3 is 2.69 bits per heavy atom. The summed E-state index contributed by atoms with van der Waals surface area (Å²) in [5.41, 5.74) is -0.628. The Balaban J connectivity index is 1.90. The second-order valence-corrected chi connectivity index (χ2v) is 7.95. The summed E-state index contributed by atoms with van der Waals surface area (Å²) in [4.78, 5) is 19.5. The normalized spacial score (nSPS) is 14.4. The van der Waals surface area contributed by atoms with Gasteiger partial charge in [-0.15, -0.1) is 0 Å². The topological polar surface area (TPSA) is 95.8 Å². The van der Waals surface area contributed by atoms with Crippen molar-refractivity contribution in [1.29, 1.82) is 0 Å². The van der Waals surface area contributed by atoms with Gasteiger partial charge >= 0.3 is 0 Å². The van der Waals surface area contributed by atoms with Crippen molar-refractivity contribution < 1.29 is 5.11 Å². The standard InChI is InChI=1S/C18H22ClN5O2/c1-17(2,3)24-14-13(9-21-24)15(25)23-16(22-14)20-10-18(4,26)11-6-5-7-12(19)8-11/h5-9,26H,10H2,1-4H3,(H2,20,22,23,25). The molecule has 0 spiro atoms. The largest absolute Gasteiger partial charge is 0.384 e. The fourth-order valence-corrected chi connectivity index (χ4v) is 2.86. The molecule has 1 atom stereocenters. The maximum absolute atomic E-state index is 12.3. The minimum Gasteiger partial charge on any atom is -0.384 e. The van der Waals surface area contributed by atoms with Crippen LogP contribution in [0.25, 0.3) is 11.0 Å². The summed E-state index contributed by atoms with van der Waals surface area (Å²) in [5, 5.41) is 19.0. The molecule has 7 nitrogen and oxygen atoms in total. The molecule has 26 heavy (non-hydrogen) atoms. The molecule has 3 rings (SSSR count). The van der Waals surface area contributed by atoms with Gasteiger partial charge in [0.25, 0.3) is 5.56 Å². The highest BCUT2D eigenvalue weighted by Crippen LogP contribution is 2.24. The fraction of sp³-hybridized carbons (Fsp3) is 0.389. The molecule has 0 fully saturated rings. The molecule has 0 bridgehead atoms. The first-order chi connectivity index (χ1) is 12.1. The Kier molecular flexibility index (Phi) is 4.54. The SMILES string of the molecule is CC(O)(CNc1nc2c(cnn2C(C)(C)C)c(=O)[nH]1)c1cccc(Cl)c1. The minimum absolute atomic E-state index is 0.144. The van der Waals surface area contributed by atoms with Crippen LogP contribution >= 0.6 is 11.6 Å². The van der Waals surface area contributed by atoms with Crippen LogP contribution in [0.1, 0.15) is 33.3 Å². The number of hydrogen-bond donors (Lipinski definition) is 3. The van der Waals surface area contributed by atoms with Crippen molar-refractivity contribution in [2.75, 3.05) is 11.9 Å². The number of benzene rings is 1. The molecule has 0 saturated carbocycles. The zero-order valence-electron chi connectivity index (χ0n) is 15.2. The Morgan fingerprint density at radius 2 is 2.04 bits per heavy atom. The lowest BCUT2D eigenvalue weighted by Crippen LogP contribution is -2.32. The van der Waals surface area contributed by atoms with Crippen molar-refractivity contribution in [3.8, 4) is 0 Å². The first-order valence-electron chi connectivity index (χ1n) is 8.29. The van der Waals surface area contributed by atoms with Crippen LogP contribution in [0.4, 0.5) is 5.95 Å². The molecule has 0 amide bonds. The Morgan fingerprint density at radius 1 is 1.31 bits per heavy atom. The second kappa shape index (κ2) is 6.41. The molecular weight excluding hydrogens is 354 g/mol. The average Bonchev–Trinajstić information content (AvgIpc) is 2.98. The number of halogens is 1. The third-order valence-corrected chi connectivity index (χ3v) is 4.36. The van der Waals surface area contributed by atoms with E-state index in [9.17, 15) is 9.90 Å². The van der Waals surface area contributed by atoms with Crippen molar-refractivity contribution in [3.63, 3.8) is 0 Å². The van der Waals surface area contributed by atoms with Crippen LogP contribution in [0.15, 0.2) is 35.3 Å². The van der Waals surface area contributed by atoms with Crippen molar-refractivity contribution >= 4 is 28.6 Å². The predicted molar refractivity (Wildman–Crippen MR) is 103 cm³/mol. The molecule has 1 aromatic carbocycles. The van der Waals surface area contributed by atoms with Crippen molar-refractivity contribution in [1.82, 2.24) is 19.7 Å². The lowest BCUT2D eigenvalue weighted by molar-refractivity contribution is 0.0713. The molecule has 0 radical (unpaired) electrons. The maximum Gasteiger partial charge on any atom is 0.263 e. The highest BCUT2D eigenvalue weighted by Gasteiger charge is 2.24.